The van der Waals surface area contributed by atoms with E-state index in [4.69, 9.17) is 5.26 Å². The highest BCUT2D eigenvalue weighted by molar-refractivity contribution is 9.10. The molecule has 0 radical (unpaired) electrons. The molecule has 0 amide bonds. The number of benzene rings is 2. The Hall–Kier alpha value is -2.84. The molecule has 1 unspecified atom stereocenters. The van der Waals surface area contributed by atoms with Crippen molar-refractivity contribution in [1.29, 1.82) is 5.26 Å². The number of fused-ring (bicyclic) bond motifs is 1. The largest absolute Gasteiger partial charge is 0.347 e. The Bertz CT molecular complexity index is 1040. The molecule has 0 saturated heterocycles. The van der Waals surface area contributed by atoms with Crippen molar-refractivity contribution in [3.63, 3.8) is 0 Å². The maximum atomic E-state index is 8.98. The molecule has 0 aliphatic carbocycles. The van der Waals surface area contributed by atoms with Gasteiger partial charge >= 0.3 is 0 Å². The van der Waals surface area contributed by atoms with Gasteiger partial charge in [-0.1, -0.05) is 28.1 Å². The zero-order chi connectivity index (χ0) is 17.2. The van der Waals surface area contributed by atoms with E-state index in [1.807, 2.05) is 30.5 Å². The highest BCUT2D eigenvalue weighted by Gasteiger charge is 2.18. The van der Waals surface area contributed by atoms with Gasteiger partial charge in [0.05, 0.1) is 35.9 Å². The number of hydrogen-bond donors (Lipinski definition) is 1. The number of aromatic nitrogens is 3. The number of nitrogens with one attached hydrogen (secondary N) is 1. The molecule has 0 fully saturated rings. The lowest BCUT2D eigenvalue weighted by atomic mass is 10.0. The van der Waals surface area contributed by atoms with Crippen LogP contribution in [-0.2, 0) is 6.42 Å². The van der Waals surface area contributed by atoms with E-state index in [1.54, 1.807) is 6.33 Å². The fourth-order valence-electron chi connectivity index (χ4n) is 3.15. The summed E-state index contributed by atoms with van der Waals surface area (Å²) >= 11 is 3.53. The molecule has 1 atom stereocenters. The minimum Gasteiger partial charge on any atom is -0.347 e. The van der Waals surface area contributed by atoms with Gasteiger partial charge in [0.25, 0.3) is 0 Å². The second-order valence-corrected chi connectivity index (χ2v) is 6.88. The summed E-state index contributed by atoms with van der Waals surface area (Å²) in [5.41, 5.74) is 4.09. The normalized spacial score (nSPS) is 12.2. The summed E-state index contributed by atoms with van der Waals surface area (Å²) in [5.74, 6) is 0. The third-order valence-corrected chi connectivity index (χ3v) is 4.90. The monoisotopic (exact) mass is 390 g/mol. The van der Waals surface area contributed by atoms with Crippen LogP contribution in [0.4, 0.5) is 0 Å². The lowest BCUT2D eigenvalue weighted by Crippen LogP contribution is -2.13. The second-order valence-electron chi connectivity index (χ2n) is 5.96. The highest BCUT2D eigenvalue weighted by Crippen LogP contribution is 2.28. The van der Waals surface area contributed by atoms with Gasteiger partial charge in [0.15, 0.2) is 0 Å². The Labute approximate surface area is 153 Å². The third-order valence-electron chi connectivity index (χ3n) is 4.41. The molecule has 4 nitrogen and oxygen atoms in total. The number of halogens is 1. The Morgan fingerprint density at radius 3 is 2.72 bits per heavy atom. The molecule has 122 valence electrons. The summed E-state index contributed by atoms with van der Waals surface area (Å²) in [6.45, 7) is 0. The van der Waals surface area contributed by atoms with E-state index >= 15 is 0 Å². The standard InChI is InChI=1S/C20H15BrN4/c21-17-5-6-19-16(10-17)7-8-25(19)20(18-12-23-13-24-18)9-14-1-3-15(11-22)4-2-14/h1-8,10,12-13,20H,9H2,(H,23,24). The van der Waals surface area contributed by atoms with Crippen LogP contribution in [0.15, 0.2) is 71.7 Å². The Kier molecular flexibility index (Phi) is 4.12. The van der Waals surface area contributed by atoms with Gasteiger partial charge in [-0.3, -0.25) is 0 Å². The summed E-state index contributed by atoms with van der Waals surface area (Å²) in [5, 5.41) is 10.2. The van der Waals surface area contributed by atoms with Crippen molar-refractivity contribution in [3.8, 4) is 6.07 Å². The predicted molar refractivity (Wildman–Crippen MR) is 101 cm³/mol. The molecule has 5 heteroatoms. The fraction of sp³-hybridized carbons (Fsp3) is 0.100. The lowest BCUT2D eigenvalue weighted by Gasteiger charge is -2.19. The van der Waals surface area contributed by atoms with Gasteiger partial charge < -0.3 is 9.55 Å². The summed E-state index contributed by atoms with van der Waals surface area (Å²) in [6, 6.07) is 18.5. The summed E-state index contributed by atoms with van der Waals surface area (Å²) in [6.07, 6.45) is 6.52. The average Bonchev–Trinajstić information content (AvgIpc) is 3.30. The third kappa shape index (κ3) is 3.09. The molecule has 4 aromatic rings. The quantitative estimate of drug-likeness (QED) is 0.542. The number of nitriles is 1. The first-order valence-electron chi connectivity index (χ1n) is 7.98. The zero-order valence-corrected chi connectivity index (χ0v) is 14.9. The maximum Gasteiger partial charge on any atom is 0.0991 e. The molecule has 0 bridgehead atoms. The maximum absolute atomic E-state index is 8.98. The molecule has 2 aromatic heterocycles. The number of H-pyrrole nitrogens is 1. The lowest BCUT2D eigenvalue weighted by molar-refractivity contribution is 0.587. The number of nitrogens with zero attached hydrogens (tertiary/aromatic N) is 3. The van der Waals surface area contributed by atoms with Crippen LogP contribution in [0.5, 0.6) is 0 Å². The molecule has 1 N–H and O–H groups in total. The van der Waals surface area contributed by atoms with E-state index in [1.165, 1.54) is 16.5 Å². The molecule has 0 aliphatic heterocycles. The minimum atomic E-state index is 0.106. The minimum absolute atomic E-state index is 0.106. The SMILES string of the molecule is N#Cc1ccc(CC(c2cnc[nH]2)n2ccc3cc(Br)ccc32)cc1. The molecule has 25 heavy (non-hydrogen) atoms. The number of imidazole rings is 1. The highest BCUT2D eigenvalue weighted by atomic mass is 79.9. The van der Waals surface area contributed by atoms with Crippen molar-refractivity contribution in [2.24, 2.45) is 0 Å². The van der Waals surface area contributed by atoms with Gasteiger partial charge in [0.1, 0.15) is 0 Å². The molecule has 0 spiro atoms. The Morgan fingerprint density at radius 2 is 2.00 bits per heavy atom. The first-order valence-corrected chi connectivity index (χ1v) is 8.77. The summed E-state index contributed by atoms with van der Waals surface area (Å²) in [4.78, 5) is 7.45. The number of rotatable bonds is 4. The van der Waals surface area contributed by atoms with Gasteiger partial charge in [0.2, 0.25) is 0 Å². The van der Waals surface area contributed by atoms with Gasteiger partial charge in [-0.05, 0) is 48.4 Å². The molecular formula is C20H15BrN4. The van der Waals surface area contributed by atoms with E-state index in [2.05, 4.69) is 67.0 Å². The van der Waals surface area contributed by atoms with Crippen LogP contribution in [-0.4, -0.2) is 14.5 Å². The zero-order valence-electron chi connectivity index (χ0n) is 13.4. The van der Waals surface area contributed by atoms with Crippen LogP contribution < -0.4 is 0 Å². The molecule has 4 rings (SSSR count). The van der Waals surface area contributed by atoms with Crippen LogP contribution in [0.2, 0.25) is 0 Å². The molecule has 0 saturated carbocycles. The van der Waals surface area contributed by atoms with E-state index in [0.29, 0.717) is 5.56 Å². The predicted octanol–water partition coefficient (Wildman–Crippen LogP) is 4.83. The van der Waals surface area contributed by atoms with Crippen molar-refractivity contribution in [2.75, 3.05) is 0 Å². The van der Waals surface area contributed by atoms with Crippen molar-refractivity contribution in [3.05, 3.63) is 88.5 Å². The van der Waals surface area contributed by atoms with Crippen LogP contribution in [0.3, 0.4) is 0 Å². The van der Waals surface area contributed by atoms with Crippen LogP contribution in [0.25, 0.3) is 10.9 Å². The molecule has 2 aromatic carbocycles. The van der Waals surface area contributed by atoms with Gasteiger partial charge in [0, 0.05) is 21.6 Å². The van der Waals surface area contributed by atoms with Crippen molar-refractivity contribution in [2.45, 2.75) is 12.5 Å². The van der Waals surface area contributed by atoms with Crippen LogP contribution in [0.1, 0.15) is 22.9 Å². The number of aromatic amines is 1. The van der Waals surface area contributed by atoms with Gasteiger partial charge in [-0.15, -0.1) is 0 Å². The molecule has 0 aliphatic rings. The van der Waals surface area contributed by atoms with E-state index in [-0.39, 0.29) is 6.04 Å². The Balaban J connectivity index is 1.76. The van der Waals surface area contributed by atoms with Crippen LogP contribution >= 0.6 is 15.9 Å². The first kappa shape index (κ1) is 15.7. The second kappa shape index (κ2) is 6.58. The summed E-state index contributed by atoms with van der Waals surface area (Å²) in [7, 11) is 0. The van der Waals surface area contributed by atoms with E-state index in [0.717, 1.165) is 16.6 Å². The van der Waals surface area contributed by atoms with E-state index < -0.39 is 0 Å². The first-order chi connectivity index (χ1) is 12.2. The Morgan fingerprint density at radius 1 is 1.16 bits per heavy atom. The van der Waals surface area contributed by atoms with Crippen molar-refractivity contribution < 1.29 is 0 Å². The summed E-state index contributed by atoms with van der Waals surface area (Å²) < 4.78 is 3.34. The van der Waals surface area contributed by atoms with Crippen molar-refractivity contribution in [1.82, 2.24) is 14.5 Å². The van der Waals surface area contributed by atoms with E-state index in [9.17, 15) is 0 Å². The fourth-order valence-corrected chi connectivity index (χ4v) is 3.53. The molecular weight excluding hydrogens is 376 g/mol. The van der Waals surface area contributed by atoms with Gasteiger partial charge in [-0.2, -0.15) is 5.26 Å². The van der Waals surface area contributed by atoms with Crippen molar-refractivity contribution >= 4 is 26.8 Å². The number of hydrogen-bond acceptors (Lipinski definition) is 2. The smallest absolute Gasteiger partial charge is 0.0991 e. The molecule has 2 heterocycles. The van der Waals surface area contributed by atoms with Crippen LogP contribution in [0, 0.1) is 11.3 Å². The topological polar surface area (TPSA) is 57.4 Å². The average molecular weight is 391 g/mol. The van der Waals surface area contributed by atoms with Gasteiger partial charge in [-0.25, -0.2) is 4.98 Å².